The van der Waals surface area contributed by atoms with Crippen molar-refractivity contribution in [2.24, 2.45) is 0 Å². The molecule has 3 aromatic carbocycles. The number of imidazole rings is 1. The van der Waals surface area contributed by atoms with Crippen molar-refractivity contribution in [3.63, 3.8) is 0 Å². The predicted octanol–water partition coefficient (Wildman–Crippen LogP) is 5.20. The van der Waals surface area contributed by atoms with Crippen molar-refractivity contribution >= 4 is 17.0 Å². The molecule has 34 heavy (non-hydrogen) atoms. The van der Waals surface area contributed by atoms with Crippen LogP contribution in [0.1, 0.15) is 35.1 Å². The molecule has 0 aliphatic heterocycles. The number of aryl methyl sites for hydroxylation is 2. The third kappa shape index (κ3) is 3.69. The first-order chi connectivity index (χ1) is 16.5. The van der Waals surface area contributed by atoms with Crippen LogP contribution >= 0.6 is 0 Å². The summed E-state index contributed by atoms with van der Waals surface area (Å²) in [7, 11) is 0. The van der Waals surface area contributed by atoms with Crippen molar-refractivity contribution in [1.82, 2.24) is 20.1 Å². The Morgan fingerprint density at radius 2 is 1.68 bits per heavy atom. The van der Waals surface area contributed by atoms with Crippen molar-refractivity contribution in [3.8, 4) is 33.6 Å². The highest BCUT2D eigenvalue weighted by Gasteiger charge is 2.19. The topological polar surface area (TPSA) is 125 Å². The Hall–Kier alpha value is -4.46. The zero-order valence-electron chi connectivity index (χ0n) is 18.7. The van der Waals surface area contributed by atoms with Crippen LogP contribution < -0.4 is 5.76 Å². The number of H-pyrrole nitrogens is 2. The van der Waals surface area contributed by atoms with Crippen LogP contribution in [0.25, 0.3) is 44.7 Å². The highest BCUT2D eigenvalue weighted by Crippen LogP contribution is 2.35. The van der Waals surface area contributed by atoms with Crippen molar-refractivity contribution in [2.45, 2.75) is 26.7 Å². The SMILES string of the molecule is CCCc1nc2c(C)c(-c3ccc(-c4ccccc4-c4nc(=O)o[nH]4)cc3)cc(C(=O)O)c2[nH]1. The van der Waals surface area contributed by atoms with Gasteiger partial charge in [0.15, 0.2) is 5.82 Å². The molecule has 3 N–H and O–H groups in total. The van der Waals surface area contributed by atoms with E-state index >= 15 is 0 Å². The van der Waals surface area contributed by atoms with Crippen molar-refractivity contribution in [1.29, 1.82) is 0 Å². The molecule has 0 aliphatic rings. The van der Waals surface area contributed by atoms with E-state index in [1.54, 1.807) is 6.07 Å². The van der Waals surface area contributed by atoms with E-state index in [0.29, 0.717) is 16.9 Å². The Morgan fingerprint density at radius 3 is 2.29 bits per heavy atom. The van der Waals surface area contributed by atoms with Gasteiger partial charge in [0.05, 0.1) is 16.6 Å². The number of rotatable bonds is 6. The van der Waals surface area contributed by atoms with E-state index in [4.69, 9.17) is 4.52 Å². The van der Waals surface area contributed by atoms with Gasteiger partial charge in [0.1, 0.15) is 5.82 Å². The molecule has 0 amide bonds. The highest BCUT2D eigenvalue weighted by molar-refractivity contribution is 6.04. The minimum Gasteiger partial charge on any atom is -0.478 e. The number of carbonyl (C=O) groups is 1. The maximum atomic E-state index is 12.0. The van der Waals surface area contributed by atoms with Gasteiger partial charge in [-0.3, -0.25) is 0 Å². The van der Waals surface area contributed by atoms with Gasteiger partial charge in [-0.1, -0.05) is 55.5 Å². The molecule has 8 heteroatoms. The largest absolute Gasteiger partial charge is 0.478 e. The molecule has 2 aromatic heterocycles. The van der Waals surface area contributed by atoms with Gasteiger partial charge in [0.2, 0.25) is 0 Å². The smallest absolute Gasteiger partial charge is 0.460 e. The third-order valence-corrected chi connectivity index (χ3v) is 5.91. The number of aromatic amines is 2. The van der Waals surface area contributed by atoms with Crippen molar-refractivity contribution in [3.05, 3.63) is 82.1 Å². The van der Waals surface area contributed by atoms with E-state index < -0.39 is 11.7 Å². The van der Waals surface area contributed by atoms with Crippen molar-refractivity contribution < 1.29 is 14.4 Å². The van der Waals surface area contributed by atoms with Gasteiger partial charge in [-0.2, -0.15) is 10.1 Å². The summed E-state index contributed by atoms with van der Waals surface area (Å²) >= 11 is 0. The highest BCUT2D eigenvalue weighted by atomic mass is 16.5. The zero-order chi connectivity index (χ0) is 23.8. The fraction of sp³-hybridized carbons (Fsp3) is 0.154. The number of nitrogens with one attached hydrogen (secondary N) is 2. The van der Waals surface area contributed by atoms with Gasteiger partial charge in [-0.25, -0.2) is 14.6 Å². The average molecular weight is 454 g/mol. The summed E-state index contributed by atoms with van der Waals surface area (Å²) in [6.45, 7) is 4.02. The Kier molecular flexibility index (Phi) is 5.33. The van der Waals surface area contributed by atoms with Crippen LogP contribution in [0.2, 0.25) is 0 Å². The van der Waals surface area contributed by atoms with Gasteiger partial charge in [-0.15, -0.1) is 0 Å². The maximum Gasteiger partial charge on any atom is 0.460 e. The van der Waals surface area contributed by atoms with Crippen LogP contribution in [-0.2, 0) is 6.42 Å². The number of nitrogens with zero attached hydrogens (tertiary/aromatic N) is 2. The first kappa shape index (κ1) is 21.4. The summed E-state index contributed by atoms with van der Waals surface area (Å²) in [5.74, 6) is -0.526. The second-order valence-corrected chi connectivity index (χ2v) is 8.11. The van der Waals surface area contributed by atoms with E-state index in [0.717, 1.165) is 52.0 Å². The quantitative estimate of drug-likeness (QED) is 0.324. The number of aromatic nitrogens is 4. The minimum absolute atomic E-state index is 0.204. The molecule has 5 aromatic rings. The van der Waals surface area contributed by atoms with Crippen LogP contribution in [0, 0.1) is 6.92 Å². The molecule has 0 radical (unpaired) electrons. The van der Waals surface area contributed by atoms with E-state index in [1.165, 1.54) is 0 Å². The average Bonchev–Trinajstić information content (AvgIpc) is 3.46. The van der Waals surface area contributed by atoms with E-state index in [1.807, 2.05) is 55.5 Å². The molecular formula is C26H22N4O4. The predicted molar refractivity (Wildman–Crippen MR) is 129 cm³/mol. The summed E-state index contributed by atoms with van der Waals surface area (Å²) < 4.78 is 4.73. The molecule has 5 rings (SSSR count). The van der Waals surface area contributed by atoms with Crippen LogP contribution in [0.15, 0.2) is 63.9 Å². The van der Waals surface area contributed by atoms with Gasteiger partial charge in [0, 0.05) is 12.0 Å². The van der Waals surface area contributed by atoms with Crippen LogP contribution in [0.5, 0.6) is 0 Å². The van der Waals surface area contributed by atoms with Crippen LogP contribution in [-0.4, -0.2) is 31.2 Å². The molecule has 0 bridgehead atoms. The number of hydrogen-bond acceptors (Lipinski definition) is 5. The lowest BCUT2D eigenvalue weighted by Gasteiger charge is -2.11. The fourth-order valence-corrected chi connectivity index (χ4v) is 4.28. The summed E-state index contributed by atoms with van der Waals surface area (Å²) in [4.78, 5) is 35.1. The Balaban J connectivity index is 1.60. The van der Waals surface area contributed by atoms with E-state index in [2.05, 4.69) is 27.0 Å². The van der Waals surface area contributed by atoms with Gasteiger partial charge >= 0.3 is 11.7 Å². The lowest BCUT2D eigenvalue weighted by atomic mass is 9.93. The monoisotopic (exact) mass is 454 g/mol. The maximum absolute atomic E-state index is 12.0. The van der Waals surface area contributed by atoms with Crippen molar-refractivity contribution in [2.75, 3.05) is 0 Å². The number of fused-ring (bicyclic) bond motifs is 1. The Bertz CT molecular complexity index is 1570. The summed E-state index contributed by atoms with van der Waals surface area (Å²) in [6.07, 6.45) is 1.67. The number of carboxylic acid groups (broad SMARTS) is 1. The molecule has 0 saturated carbocycles. The Labute approximate surface area is 194 Å². The third-order valence-electron chi connectivity index (χ3n) is 5.91. The van der Waals surface area contributed by atoms with Crippen LogP contribution in [0.3, 0.4) is 0 Å². The summed E-state index contributed by atoms with van der Waals surface area (Å²) in [6, 6.07) is 17.1. The van der Waals surface area contributed by atoms with Crippen LogP contribution in [0.4, 0.5) is 0 Å². The number of hydrogen-bond donors (Lipinski definition) is 3. The van der Waals surface area contributed by atoms with Gasteiger partial charge in [0.25, 0.3) is 0 Å². The van der Waals surface area contributed by atoms with Gasteiger partial charge < -0.3 is 14.6 Å². The molecule has 2 heterocycles. The molecule has 0 fully saturated rings. The molecule has 0 spiro atoms. The number of benzene rings is 3. The molecule has 0 unspecified atom stereocenters. The number of carboxylic acids is 1. The van der Waals surface area contributed by atoms with E-state index in [9.17, 15) is 14.7 Å². The van der Waals surface area contributed by atoms with Gasteiger partial charge in [-0.05, 0) is 47.2 Å². The standard InChI is InChI=1S/C26H22N4O4/c1-3-6-21-27-22-14(2)19(13-20(25(31)32)23(22)28-21)16-11-9-15(10-12-16)17-7-4-5-8-18(17)24-29-26(33)34-30-24/h4-5,7-13H,3,6H2,1-2H3,(H,27,28)(H,31,32)(H,29,30,33). The lowest BCUT2D eigenvalue weighted by molar-refractivity contribution is 0.0699. The molecular weight excluding hydrogens is 432 g/mol. The summed E-state index contributed by atoms with van der Waals surface area (Å²) in [5, 5.41) is 12.4. The molecule has 8 nitrogen and oxygen atoms in total. The zero-order valence-corrected chi connectivity index (χ0v) is 18.7. The molecule has 0 atom stereocenters. The summed E-state index contributed by atoms with van der Waals surface area (Å²) in [5.41, 5.74) is 6.62. The molecule has 170 valence electrons. The number of aromatic carboxylic acids is 1. The fourth-order valence-electron chi connectivity index (χ4n) is 4.28. The second-order valence-electron chi connectivity index (χ2n) is 8.11. The molecule has 0 saturated heterocycles. The molecule has 0 aliphatic carbocycles. The second kappa shape index (κ2) is 8.47. The normalized spacial score (nSPS) is 11.2. The minimum atomic E-state index is -0.995. The van der Waals surface area contributed by atoms with E-state index in [-0.39, 0.29) is 5.56 Å². The first-order valence-corrected chi connectivity index (χ1v) is 11.0. The lowest BCUT2D eigenvalue weighted by Crippen LogP contribution is -2.00. The Morgan fingerprint density at radius 1 is 1.00 bits per heavy atom. The first-order valence-electron chi connectivity index (χ1n) is 11.0.